The molecule has 0 bridgehead atoms. The molecule has 0 rings (SSSR count). The summed E-state index contributed by atoms with van der Waals surface area (Å²) in [4.78, 5) is 20.9. The highest BCUT2D eigenvalue weighted by Crippen LogP contribution is 2.06. The zero-order valence-corrected chi connectivity index (χ0v) is 8.67. The summed E-state index contributed by atoms with van der Waals surface area (Å²) in [5, 5.41) is 10.0. The van der Waals surface area contributed by atoms with Crippen molar-refractivity contribution < 1.29 is 19.4 Å². The zero-order chi connectivity index (χ0) is 11.0. The van der Waals surface area contributed by atoms with Gasteiger partial charge in [-0.2, -0.15) is 0 Å². The third-order valence-electron chi connectivity index (χ3n) is 1.21. The van der Waals surface area contributed by atoms with Gasteiger partial charge in [-0.1, -0.05) is 6.58 Å². The minimum Gasteiger partial charge on any atom is -0.478 e. The first-order valence-electron chi connectivity index (χ1n) is 3.88. The number of carboxylic acid groups (broad SMARTS) is 1. The van der Waals surface area contributed by atoms with Crippen LogP contribution in [0.3, 0.4) is 0 Å². The van der Waals surface area contributed by atoms with Crippen LogP contribution in [0.1, 0.15) is 6.92 Å². The van der Waals surface area contributed by atoms with E-state index in [9.17, 15) is 9.59 Å². The van der Waals surface area contributed by atoms with Crippen LogP contribution in [0.25, 0.3) is 0 Å². The van der Waals surface area contributed by atoms with Crippen molar-refractivity contribution in [2.45, 2.75) is 6.92 Å². The topological polar surface area (TPSA) is 63.6 Å². The van der Waals surface area contributed by atoms with Gasteiger partial charge < -0.3 is 9.84 Å². The molecule has 0 saturated carbocycles. The lowest BCUT2D eigenvalue weighted by molar-refractivity contribution is -0.137. The van der Waals surface area contributed by atoms with Crippen molar-refractivity contribution in [3.8, 4) is 0 Å². The van der Waals surface area contributed by atoms with Gasteiger partial charge in [0.15, 0.2) is 0 Å². The molecule has 0 amide bonds. The maximum atomic E-state index is 10.6. The Balaban J connectivity index is 3.56. The van der Waals surface area contributed by atoms with Gasteiger partial charge in [-0.3, -0.25) is 0 Å². The van der Waals surface area contributed by atoms with E-state index in [1.807, 2.05) is 0 Å². The van der Waals surface area contributed by atoms with E-state index in [0.717, 1.165) is 6.08 Å². The van der Waals surface area contributed by atoms with Crippen LogP contribution in [0.5, 0.6) is 0 Å². The first kappa shape index (κ1) is 12.8. The summed E-state index contributed by atoms with van der Waals surface area (Å²) in [5.41, 5.74) is 0.269. The van der Waals surface area contributed by atoms with Crippen LogP contribution in [0.2, 0.25) is 0 Å². The molecular formula is C9H12O4S. The average Bonchev–Trinajstić information content (AvgIpc) is 2.16. The molecule has 0 aliphatic heterocycles. The third-order valence-corrected chi connectivity index (χ3v) is 2.13. The van der Waals surface area contributed by atoms with Crippen molar-refractivity contribution >= 4 is 23.7 Å². The fourth-order valence-corrected chi connectivity index (χ4v) is 1.13. The lowest BCUT2D eigenvalue weighted by atomic mass is 10.4. The minimum absolute atomic E-state index is 0.249. The van der Waals surface area contributed by atoms with Crippen LogP contribution in [0.4, 0.5) is 0 Å². The Labute approximate surface area is 86.6 Å². The molecule has 0 spiro atoms. The van der Waals surface area contributed by atoms with Gasteiger partial charge in [-0.15, -0.1) is 11.8 Å². The second-order valence-electron chi connectivity index (χ2n) is 2.35. The highest BCUT2D eigenvalue weighted by molar-refractivity contribution is 8.02. The Hall–Kier alpha value is -1.23. The van der Waals surface area contributed by atoms with E-state index in [1.54, 1.807) is 0 Å². The van der Waals surface area contributed by atoms with Crippen molar-refractivity contribution in [2.75, 3.05) is 12.4 Å². The van der Waals surface area contributed by atoms with Crippen molar-refractivity contribution in [1.29, 1.82) is 0 Å². The number of hydrogen-bond acceptors (Lipinski definition) is 4. The smallest absolute Gasteiger partial charge is 0.331 e. The van der Waals surface area contributed by atoms with E-state index in [-0.39, 0.29) is 12.2 Å². The van der Waals surface area contributed by atoms with Crippen LogP contribution < -0.4 is 0 Å². The summed E-state index contributed by atoms with van der Waals surface area (Å²) in [6, 6.07) is 0. The Morgan fingerprint density at radius 1 is 1.57 bits per heavy atom. The number of aliphatic carboxylic acids is 1. The lowest BCUT2D eigenvalue weighted by Crippen LogP contribution is -2.03. The maximum absolute atomic E-state index is 10.6. The van der Waals surface area contributed by atoms with Crippen LogP contribution in [-0.2, 0) is 14.3 Å². The van der Waals surface area contributed by atoms with E-state index in [2.05, 4.69) is 11.3 Å². The molecule has 0 atom stereocenters. The summed E-state index contributed by atoms with van der Waals surface area (Å²) >= 11 is 1.29. The van der Waals surface area contributed by atoms with E-state index in [4.69, 9.17) is 5.11 Å². The number of rotatable bonds is 6. The van der Waals surface area contributed by atoms with Crippen molar-refractivity contribution in [3.05, 3.63) is 23.6 Å². The minimum atomic E-state index is -0.944. The molecule has 0 heterocycles. The van der Waals surface area contributed by atoms with E-state index in [1.165, 1.54) is 24.1 Å². The molecule has 78 valence electrons. The molecule has 0 aliphatic rings. The van der Waals surface area contributed by atoms with Crippen LogP contribution in [-0.4, -0.2) is 29.4 Å². The third kappa shape index (κ3) is 6.30. The monoisotopic (exact) mass is 216 g/mol. The summed E-state index contributed by atoms with van der Waals surface area (Å²) in [6.45, 7) is 4.99. The second kappa shape index (κ2) is 7.20. The van der Waals surface area contributed by atoms with Gasteiger partial charge in [0.25, 0.3) is 0 Å². The number of carboxylic acids is 1. The van der Waals surface area contributed by atoms with E-state index in [0.29, 0.717) is 5.75 Å². The largest absolute Gasteiger partial charge is 0.478 e. The highest BCUT2D eigenvalue weighted by atomic mass is 32.2. The fourth-order valence-electron chi connectivity index (χ4n) is 0.484. The highest BCUT2D eigenvalue weighted by Gasteiger charge is 1.99. The average molecular weight is 216 g/mol. The molecule has 0 aromatic rings. The number of ether oxygens (including phenoxy) is 1. The molecule has 5 heteroatoms. The van der Waals surface area contributed by atoms with Gasteiger partial charge in [0.1, 0.15) is 6.61 Å². The van der Waals surface area contributed by atoms with Crippen LogP contribution in [0, 0.1) is 0 Å². The fraction of sp³-hybridized carbons (Fsp3) is 0.333. The molecule has 0 aromatic heterocycles. The lowest BCUT2D eigenvalue weighted by Gasteiger charge is -1.99. The standard InChI is InChI=1S/C9H12O4S/c1-3-8(10)13-4-5-14-6-7(2)9(11)12/h3,6H,1,4-5H2,2H3,(H,11,12). The number of thioether (sulfide) groups is 1. The molecule has 0 saturated heterocycles. The molecular weight excluding hydrogens is 204 g/mol. The Morgan fingerprint density at radius 3 is 2.71 bits per heavy atom. The van der Waals surface area contributed by atoms with Gasteiger partial charge in [-0.05, 0) is 12.3 Å². The van der Waals surface area contributed by atoms with Gasteiger partial charge in [0.05, 0.1) is 0 Å². The summed E-state index contributed by atoms with van der Waals surface area (Å²) in [7, 11) is 0. The number of carbonyl (C=O) groups excluding carboxylic acids is 1. The molecule has 4 nitrogen and oxygen atoms in total. The van der Waals surface area contributed by atoms with E-state index >= 15 is 0 Å². The number of carbonyl (C=O) groups is 2. The molecule has 0 unspecified atom stereocenters. The Bertz CT molecular complexity index is 258. The van der Waals surface area contributed by atoms with Gasteiger partial charge >= 0.3 is 11.9 Å². The normalized spacial score (nSPS) is 10.8. The van der Waals surface area contributed by atoms with Crippen molar-refractivity contribution in [1.82, 2.24) is 0 Å². The molecule has 0 fully saturated rings. The maximum Gasteiger partial charge on any atom is 0.331 e. The number of hydrogen-bond donors (Lipinski definition) is 1. The molecule has 0 aliphatic carbocycles. The molecule has 0 aromatic carbocycles. The van der Waals surface area contributed by atoms with Crippen LogP contribution >= 0.6 is 11.8 Å². The molecule has 14 heavy (non-hydrogen) atoms. The molecule has 0 radical (unpaired) electrons. The predicted octanol–water partition coefficient (Wildman–Crippen LogP) is 1.44. The van der Waals surface area contributed by atoms with Gasteiger partial charge in [0, 0.05) is 17.4 Å². The Kier molecular flexibility index (Phi) is 6.57. The van der Waals surface area contributed by atoms with Crippen molar-refractivity contribution in [3.63, 3.8) is 0 Å². The van der Waals surface area contributed by atoms with Gasteiger partial charge in [-0.25, -0.2) is 9.59 Å². The SMILES string of the molecule is C=CC(=O)OCCSC=C(C)C(=O)O. The van der Waals surface area contributed by atoms with Crippen LogP contribution in [0.15, 0.2) is 23.6 Å². The molecule has 1 N–H and O–H groups in total. The summed E-state index contributed by atoms with van der Waals surface area (Å²) < 4.78 is 4.68. The second-order valence-corrected chi connectivity index (χ2v) is 3.33. The Morgan fingerprint density at radius 2 is 2.21 bits per heavy atom. The summed E-state index contributed by atoms with van der Waals surface area (Å²) in [5.74, 6) is -0.880. The van der Waals surface area contributed by atoms with Crippen molar-refractivity contribution in [2.24, 2.45) is 0 Å². The predicted molar refractivity (Wildman–Crippen MR) is 55.0 cm³/mol. The zero-order valence-electron chi connectivity index (χ0n) is 7.86. The first-order chi connectivity index (χ1) is 6.57. The van der Waals surface area contributed by atoms with E-state index < -0.39 is 11.9 Å². The quantitative estimate of drug-likeness (QED) is 0.413. The number of esters is 1. The first-order valence-corrected chi connectivity index (χ1v) is 4.93. The van der Waals surface area contributed by atoms with Gasteiger partial charge in [0.2, 0.25) is 0 Å². The summed E-state index contributed by atoms with van der Waals surface area (Å²) in [6.07, 6.45) is 1.09.